The van der Waals surface area contributed by atoms with Crippen LogP contribution in [0.2, 0.25) is 0 Å². The molecule has 0 aliphatic rings. The fourth-order valence-electron chi connectivity index (χ4n) is 3.23. The molecule has 1 aromatic heterocycles. The monoisotopic (exact) mass is 485 g/mol. The topological polar surface area (TPSA) is 104 Å². The first-order chi connectivity index (χ1) is 14.3. The molecule has 2 rings (SSSR count). The Morgan fingerprint density at radius 1 is 1.09 bits per heavy atom. The molecule has 0 fully saturated rings. The van der Waals surface area contributed by atoms with Crippen LogP contribution in [0.3, 0.4) is 0 Å². The lowest BCUT2D eigenvalue weighted by atomic mass is 9.92. The Kier molecular flexibility index (Phi) is 12.9. The van der Waals surface area contributed by atoms with Crippen molar-refractivity contribution in [3.63, 3.8) is 0 Å². The number of hydrogen-bond donors (Lipinski definition) is 2. The van der Waals surface area contributed by atoms with Crippen molar-refractivity contribution in [2.75, 3.05) is 18.5 Å². The van der Waals surface area contributed by atoms with E-state index in [2.05, 4.69) is 19.2 Å². The van der Waals surface area contributed by atoms with Crippen molar-refractivity contribution in [2.45, 2.75) is 47.6 Å². The van der Waals surface area contributed by atoms with Gasteiger partial charge in [0.05, 0.1) is 18.0 Å². The molecular weight excluding hydrogens is 453 g/mol. The van der Waals surface area contributed by atoms with Crippen LogP contribution in [0.5, 0.6) is 0 Å². The molecule has 0 atom stereocenters. The minimum Gasteiger partial charge on any atom is -0.463 e. The van der Waals surface area contributed by atoms with Gasteiger partial charge in [0.25, 0.3) is 0 Å². The maximum atomic E-state index is 12.4. The summed E-state index contributed by atoms with van der Waals surface area (Å²) < 4.78 is 9.80. The van der Waals surface area contributed by atoms with Gasteiger partial charge in [-0.1, -0.05) is 43.7 Å². The molecule has 0 spiro atoms. The van der Waals surface area contributed by atoms with Gasteiger partial charge in [0, 0.05) is 17.8 Å². The number of hydrogen-bond acceptors (Lipinski definition) is 6. The Morgan fingerprint density at radius 2 is 1.72 bits per heavy atom. The molecular formula is C23H33Cl2N3O4. The lowest BCUT2D eigenvalue weighted by Gasteiger charge is -2.21. The summed E-state index contributed by atoms with van der Waals surface area (Å²) >= 11 is 0. The number of esters is 1. The molecule has 0 aliphatic heterocycles. The molecule has 9 heteroatoms. The van der Waals surface area contributed by atoms with Crippen molar-refractivity contribution < 1.29 is 19.1 Å². The van der Waals surface area contributed by atoms with Crippen LogP contribution < -0.4 is 11.1 Å². The first kappa shape index (κ1) is 29.7. The average molecular weight is 486 g/mol. The highest BCUT2D eigenvalue weighted by Crippen LogP contribution is 2.36. The van der Waals surface area contributed by atoms with Gasteiger partial charge in [0.15, 0.2) is 6.61 Å². The molecule has 0 radical (unpaired) electrons. The van der Waals surface area contributed by atoms with E-state index < -0.39 is 18.7 Å². The van der Waals surface area contributed by atoms with Crippen LogP contribution in [0, 0.1) is 19.8 Å². The van der Waals surface area contributed by atoms with Crippen LogP contribution in [-0.4, -0.2) is 30.3 Å². The minimum absolute atomic E-state index is 0. The molecule has 0 saturated heterocycles. The molecule has 32 heavy (non-hydrogen) atoms. The standard InChI is InChI=1S/C23H31N3O4.2ClH/c1-6-29-20(27)13-30-23(28)26-22-16(5)25-19(11-14(2)3)18(12-24)21(22)17-9-7-15(4)8-10-17;;/h7-10,14H,6,11-13,24H2,1-5H3,(H,26,28);2*1H. The van der Waals surface area contributed by atoms with Gasteiger partial charge in [-0.25, -0.2) is 9.59 Å². The van der Waals surface area contributed by atoms with E-state index in [0.717, 1.165) is 34.4 Å². The Balaban J connectivity index is 0.00000480. The molecule has 1 amide bonds. The number of carbonyl (C=O) groups is 2. The van der Waals surface area contributed by atoms with E-state index in [1.54, 1.807) is 6.92 Å². The number of halogens is 2. The van der Waals surface area contributed by atoms with Crippen molar-refractivity contribution in [2.24, 2.45) is 11.7 Å². The third-order valence-electron chi connectivity index (χ3n) is 4.56. The van der Waals surface area contributed by atoms with Crippen LogP contribution >= 0.6 is 24.8 Å². The number of nitrogens with two attached hydrogens (primary N) is 1. The largest absolute Gasteiger partial charge is 0.463 e. The number of amides is 1. The number of nitrogens with zero attached hydrogens (tertiary/aromatic N) is 1. The van der Waals surface area contributed by atoms with Gasteiger partial charge in [-0.2, -0.15) is 0 Å². The molecule has 178 valence electrons. The molecule has 0 aliphatic carbocycles. The molecule has 7 nitrogen and oxygen atoms in total. The van der Waals surface area contributed by atoms with Crippen LogP contribution in [-0.2, 0) is 27.2 Å². The quantitative estimate of drug-likeness (QED) is 0.511. The van der Waals surface area contributed by atoms with Crippen molar-refractivity contribution >= 4 is 42.6 Å². The molecule has 2 aromatic rings. The SMILES string of the molecule is CCOC(=O)COC(=O)Nc1c(C)nc(CC(C)C)c(CN)c1-c1ccc(C)cc1.Cl.Cl. The van der Waals surface area contributed by atoms with Crippen LogP contribution in [0.15, 0.2) is 24.3 Å². The zero-order chi connectivity index (χ0) is 22.3. The first-order valence-corrected chi connectivity index (χ1v) is 10.2. The molecule has 1 aromatic carbocycles. The summed E-state index contributed by atoms with van der Waals surface area (Å²) in [5.74, 6) is -0.197. The summed E-state index contributed by atoms with van der Waals surface area (Å²) in [4.78, 5) is 28.6. The van der Waals surface area contributed by atoms with E-state index in [-0.39, 0.29) is 38.0 Å². The zero-order valence-electron chi connectivity index (χ0n) is 19.2. The molecule has 0 saturated carbocycles. The van der Waals surface area contributed by atoms with E-state index in [9.17, 15) is 9.59 Å². The number of carbonyl (C=O) groups excluding carboxylic acids is 2. The van der Waals surface area contributed by atoms with Gasteiger partial charge in [-0.15, -0.1) is 24.8 Å². The predicted octanol–water partition coefficient (Wildman–Crippen LogP) is 4.98. The number of ether oxygens (including phenoxy) is 2. The number of pyridine rings is 1. The number of aryl methyl sites for hydroxylation is 2. The van der Waals surface area contributed by atoms with Crippen LogP contribution in [0.1, 0.15) is 43.3 Å². The summed E-state index contributed by atoms with van der Waals surface area (Å²) in [5, 5.41) is 2.76. The molecule has 0 bridgehead atoms. The number of nitrogens with one attached hydrogen (secondary N) is 1. The number of benzene rings is 1. The van der Waals surface area contributed by atoms with Gasteiger partial charge < -0.3 is 15.2 Å². The summed E-state index contributed by atoms with van der Waals surface area (Å²) in [6.45, 7) is 9.84. The molecule has 1 heterocycles. The van der Waals surface area contributed by atoms with Crippen molar-refractivity contribution in [3.05, 3.63) is 46.8 Å². The van der Waals surface area contributed by atoms with E-state index in [0.29, 0.717) is 17.3 Å². The third kappa shape index (κ3) is 7.97. The molecule has 3 N–H and O–H groups in total. The zero-order valence-corrected chi connectivity index (χ0v) is 20.8. The lowest BCUT2D eigenvalue weighted by molar-refractivity contribution is -0.146. The van der Waals surface area contributed by atoms with E-state index in [1.165, 1.54) is 0 Å². The summed E-state index contributed by atoms with van der Waals surface area (Å²) in [6.07, 6.45) is 0.0284. The van der Waals surface area contributed by atoms with Gasteiger partial charge in [0.2, 0.25) is 0 Å². The Morgan fingerprint density at radius 3 is 2.25 bits per heavy atom. The number of aromatic nitrogens is 1. The second-order valence-electron chi connectivity index (χ2n) is 7.55. The van der Waals surface area contributed by atoms with Gasteiger partial charge in [-0.05, 0) is 44.2 Å². The molecule has 0 unspecified atom stereocenters. The highest BCUT2D eigenvalue weighted by Gasteiger charge is 2.21. The first-order valence-electron chi connectivity index (χ1n) is 10.2. The van der Waals surface area contributed by atoms with E-state index >= 15 is 0 Å². The maximum absolute atomic E-state index is 12.4. The second kappa shape index (κ2) is 13.9. The lowest BCUT2D eigenvalue weighted by Crippen LogP contribution is -2.22. The van der Waals surface area contributed by atoms with Crippen molar-refractivity contribution in [1.82, 2.24) is 4.98 Å². The van der Waals surface area contributed by atoms with Gasteiger partial charge >= 0.3 is 12.1 Å². The number of rotatable bonds is 8. The van der Waals surface area contributed by atoms with Crippen LogP contribution in [0.25, 0.3) is 11.1 Å². The third-order valence-corrected chi connectivity index (χ3v) is 4.56. The normalized spacial score (nSPS) is 10.1. The van der Waals surface area contributed by atoms with E-state index in [1.807, 2.05) is 38.1 Å². The Bertz CT molecular complexity index is 903. The predicted molar refractivity (Wildman–Crippen MR) is 132 cm³/mol. The highest BCUT2D eigenvalue weighted by molar-refractivity contribution is 5.94. The van der Waals surface area contributed by atoms with Gasteiger partial charge in [-0.3, -0.25) is 10.3 Å². The van der Waals surface area contributed by atoms with Crippen LogP contribution in [0.4, 0.5) is 10.5 Å². The average Bonchev–Trinajstić information content (AvgIpc) is 2.68. The summed E-state index contributed by atoms with van der Waals surface area (Å²) in [5.41, 5.74) is 12.0. The summed E-state index contributed by atoms with van der Waals surface area (Å²) in [6, 6.07) is 8.02. The Labute approximate surface area is 202 Å². The Hall–Kier alpha value is -2.35. The van der Waals surface area contributed by atoms with Crippen molar-refractivity contribution in [1.29, 1.82) is 0 Å². The van der Waals surface area contributed by atoms with Gasteiger partial charge in [0.1, 0.15) is 0 Å². The van der Waals surface area contributed by atoms with Crippen molar-refractivity contribution in [3.8, 4) is 11.1 Å². The van der Waals surface area contributed by atoms with E-state index in [4.69, 9.17) is 20.2 Å². The number of anilines is 1. The minimum atomic E-state index is -0.749. The highest BCUT2D eigenvalue weighted by atomic mass is 35.5. The summed E-state index contributed by atoms with van der Waals surface area (Å²) in [7, 11) is 0. The fraction of sp³-hybridized carbons (Fsp3) is 0.435. The fourth-order valence-corrected chi connectivity index (χ4v) is 3.23. The second-order valence-corrected chi connectivity index (χ2v) is 7.55. The maximum Gasteiger partial charge on any atom is 0.412 e. The smallest absolute Gasteiger partial charge is 0.412 e.